The Morgan fingerprint density at radius 1 is 0.381 bits per heavy atom. The first-order valence-electron chi connectivity index (χ1n) is 26.0. The Hall–Kier alpha value is -2.44. The number of hydrogen-bond donors (Lipinski definition) is 0. The van der Waals surface area contributed by atoms with Gasteiger partial charge in [0, 0.05) is 39.0 Å². The predicted octanol–water partition coefficient (Wildman–Crippen LogP) is 12.8. The van der Waals surface area contributed by atoms with Crippen LogP contribution in [0.15, 0.2) is 0 Å². The van der Waals surface area contributed by atoms with Crippen LogP contribution in [0.2, 0.25) is 0 Å². The van der Waals surface area contributed by atoms with Crippen LogP contribution in [0.25, 0.3) is 0 Å². The number of carbonyl (C=O) groups excluding carboxylic acids is 4. The molecule has 0 rings (SSSR count). The number of nitrogens with zero attached hydrogens (tertiary/aromatic N) is 1. The Labute approximate surface area is 385 Å². The SMILES string of the molecule is CCCCCCCCCCOC(=O)CCCCCCCC(=O)OCC(COC(=O)CCC(OCCCCCCCC)OCCCCCCCC)COC(=O)OCCCN(CC)CC. The average molecular weight is 900 g/mol. The molecule has 12 nitrogen and oxygen atoms in total. The van der Waals surface area contributed by atoms with Crippen molar-refractivity contribution in [1.82, 2.24) is 4.90 Å². The molecule has 0 aliphatic carbocycles. The number of rotatable bonds is 48. The standard InChI is InChI=1S/C51H97NO11/c1-6-11-14-17-20-21-27-30-39-57-47(53)34-28-23-22-24-29-35-48(54)61-43-46(45-63-51(56)60-42-33-38-52(9-4)10-5)44-62-49(55)36-37-50(58-40-31-25-18-15-12-7-2)59-41-32-26-19-16-13-8-3/h46,50H,6-45H2,1-5H3. The first-order valence-corrected chi connectivity index (χ1v) is 26.0. The quantitative estimate of drug-likeness (QED) is 0.0249. The van der Waals surface area contributed by atoms with Gasteiger partial charge in [0.05, 0.1) is 25.6 Å². The molecule has 0 fully saturated rings. The largest absolute Gasteiger partial charge is 0.508 e. The minimum absolute atomic E-state index is 0.0617. The van der Waals surface area contributed by atoms with Gasteiger partial charge in [-0.1, -0.05) is 163 Å². The summed E-state index contributed by atoms with van der Waals surface area (Å²) in [7, 11) is 0. The van der Waals surface area contributed by atoms with Crippen molar-refractivity contribution in [2.45, 2.75) is 234 Å². The Morgan fingerprint density at radius 3 is 1.24 bits per heavy atom. The molecule has 0 saturated heterocycles. The summed E-state index contributed by atoms with van der Waals surface area (Å²) >= 11 is 0. The van der Waals surface area contributed by atoms with E-state index < -0.39 is 24.3 Å². The van der Waals surface area contributed by atoms with Gasteiger partial charge in [-0.15, -0.1) is 0 Å². The van der Waals surface area contributed by atoms with Crippen molar-refractivity contribution in [3.63, 3.8) is 0 Å². The molecular weight excluding hydrogens is 803 g/mol. The fraction of sp³-hybridized carbons (Fsp3) is 0.922. The van der Waals surface area contributed by atoms with Crippen LogP contribution in [0, 0.1) is 5.92 Å². The molecule has 12 heteroatoms. The van der Waals surface area contributed by atoms with Crippen molar-refractivity contribution in [3.05, 3.63) is 0 Å². The van der Waals surface area contributed by atoms with Gasteiger partial charge >= 0.3 is 24.1 Å². The highest BCUT2D eigenvalue weighted by Gasteiger charge is 2.20. The second kappa shape index (κ2) is 47.5. The fourth-order valence-electron chi connectivity index (χ4n) is 7.13. The van der Waals surface area contributed by atoms with Crippen molar-refractivity contribution in [1.29, 1.82) is 0 Å². The van der Waals surface area contributed by atoms with Crippen molar-refractivity contribution in [2.24, 2.45) is 5.92 Å². The van der Waals surface area contributed by atoms with Gasteiger partial charge in [-0.2, -0.15) is 0 Å². The summed E-state index contributed by atoms with van der Waals surface area (Å²) < 4.78 is 39.4. The molecule has 372 valence electrons. The summed E-state index contributed by atoms with van der Waals surface area (Å²) in [5.41, 5.74) is 0. The van der Waals surface area contributed by atoms with E-state index in [1.54, 1.807) is 0 Å². The van der Waals surface area contributed by atoms with Crippen LogP contribution < -0.4 is 0 Å². The molecule has 0 aromatic rings. The lowest BCUT2D eigenvalue weighted by atomic mass is 10.1. The van der Waals surface area contributed by atoms with Crippen molar-refractivity contribution in [3.8, 4) is 0 Å². The molecule has 0 radical (unpaired) electrons. The zero-order valence-corrected chi connectivity index (χ0v) is 41.4. The normalized spacial score (nSPS) is 11.9. The number of esters is 3. The minimum Gasteiger partial charge on any atom is -0.466 e. The molecule has 1 unspecified atom stereocenters. The Balaban J connectivity index is 4.78. The third-order valence-corrected chi connectivity index (χ3v) is 11.3. The lowest BCUT2D eigenvalue weighted by molar-refractivity contribution is -0.161. The first-order chi connectivity index (χ1) is 30.8. The second-order valence-electron chi connectivity index (χ2n) is 17.2. The van der Waals surface area contributed by atoms with Gasteiger partial charge in [0.15, 0.2) is 6.29 Å². The van der Waals surface area contributed by atoms with Crippen LogP contribution in [-0.2, 0) is 47.5 Å². The minimum atomic E-state index is -0.804. The summed E-state index contributed by atoms with van der Waals surface area (Å²) in [6.45, 7) is 15.2. The van der Waals surface area contributed by atoms with Gasteiger partial charge in [0.25, 0.3) is 0 Å². The van der Waals surface area contributed by atoms with E-state index in [2.05, 4.69) is 39.5 Å². The molecule has 0 aromatic heterocycles. The topological polar surface area (TPSA) is 136 Å². The zero-order chi connectivity index (χ0) is 46.3. The van der Waals surface area contributed by atoms with Crippen LogP contribution in [0.1, 0.15) is 227 Å². The van der Waals surface area contributed by atoms with Crippen LogP contribution >= 0.6 is 0 Å². The number of hydrogen-bond acceptors (Lipinski definition) is 12. The van der Waals surface area contributed by atoms with Crippen LogP contribution in [0.3, 0.4) is 0 Å². The van der Waals surface area contributed by atoms with Gasteiger partial charge < -0.3 is 38.1 Å². The number of ether oxygens (including phenoxy) is 7. The zero-order valence-electron chi connectivity index (χ0n) is 41.4. The molecule has 0 saturated carbocycles. The smallest absolute Gasteiger partial charge is 0.466 e. The maximum absolute atomic E-state index is 13.0. The lowest BCUT2D eigenvalue weighted by Crippen LogP contribution is -2.28. The summed E-state index contributed by atoms with van der Waals surface area (Å²) in [6.07, 6.45) is 28.4. The summed E-state index contributed by atoms with van der Waals surface area (Å²) in [5.74, 6) is -1.46. The average Bonchev–Trinajstić information content (AvgIpc) is 3.28. The van der Waals surface area contributed by atoms with Crippen LogP contribution in [0.4, 0.5) is 4.79 Å². The summed E-state index contributed by atoms with van der Waals surface area (Å²) in [5, 5.41) is 0. The fourth-order valence-corrected chi connectivity index (χ4v) is 7.13. The van der Waals surface area contributed by atoms with Crippen LogP contribution in [-0.4, -0.2) is 101 Å². The molecular formula is C51H97NO11. The maximum atomic E-state index is 13.0. The second-order valence-corrected chi connectivity index (χ2v) is 17.2. The Kier molecular flexibility index (Phi) is 45.7. The molecule has 0 aliphatic rings. The van der Waals surface area contributed by atoms with E-state index in [-0.39, 0.29) is 51.2 Å². The monoisotopic (exact) mass is 900 g/mol. The molecule has 0 heterocycles. The van der Waals surface area contributed by atoms with E-state index in [4.69, 9.17) is 33.2 Å². The first kappa shape index (κ1) is 60.6. The summed E-state index contributed by atoms with van der Waals surface area (Å²) in [4.78, 5) is 52.4. The van der Waals surface area contributed by atoms with Gasteiger partial charge in [0.1, 0.15) is 19.8 Å². The predicted molar refractivity (Wildman–Crippen MR) is 253 cm³/mol. The summed E-state index contributed by atoms with van der Waals surface area (Å²) in [6, 6.07) is 0. The van der Waals surface area contributed by atoms with Crippen molar-refractivity contribution < 1.29 is 52.3 Å². The van der Waals surface area contributed by atoms with E-state index in [0.717, 1.165) is 83.8 Å². The van der Waals surface area contributed by atoms with E-state index in [1.165, 1.54) is 89.9 Å². The molecule has 0 bridgehead atoms. The third-order valence-electron chi connectivity index (χ3n) is 11.3. The number of unbranched alkanes of at least 4 members (excludes halogenated alkanes) is 21. The highest BCUT2D eigenvalue weighted by Crippen LogP contribution is 2.14. The Bertz CT molecular complexity index is 1020. The van der Waals surface area contributed by atoms with E-state index in [9.17, 15) is 19.2 Å². The molecule has 63 heavy (non-hydrogen) atoms. The van der Waals surface area contributed by atoms with Gasteiger partial charge in [-0.3, -0.25) is 14.4 Å². The van der Waals surface area contributed by atoms with Gasteiger partial charge in [0.2, 0.25) is 0 Å². The van der Waals surface area contributed by atoms with E-state index >= 15 is 0 Å². The Morgan fingerprint density at radius 2 is 0.762 bits per heavy atom. The van der Waals surface area contributed by atoms with E-state index in [1.807, 2.05) is 0 Å². The van der Waals surface area contributed by atoms with Crippen molar-refractivity contribution >= 4 is 24.1 Å². The number of carbonyl (C=O) groups is 4. The molecule has 0 aromatic carbocycles. The van der Waals surface area contributed by atoms with Crippen molar-refractivity contribution in [2.75, 3.05) is 65.9 Å². The molecule has 0 aliphatic heterocycles. The highest BCUT2D eigenvalue weighted by atomic mass is 16.7. The lowest BCUT2D eigenvalue weighted by Gasteiger charge is -2.20. The van der Waals surface area contributed by atoms with Gasteiger partial charge in [-0.25, -0.2) is 4.79 Å². The molecule has 1 atom stereocenters. The van der Waals surface area contributed by atoms with E-state index in [0.29, 0.717) is 45.5 Å². The van der Waals surface area contributed by atoms with Crippen LogP contribution in [0.5, 0.6) is 0 Å². The van der Waals surface area contributed by atoms with Gasteiger partial charge in [-0.05, 0) is 51.6 Å². The molecule has 0 N–H and O–H groups in total. The molecule has 0 spiro atoms. The maximum Gasteiger partial charge on any atom is 0.508 e. The molecule has 0 amide bonds. The highest BCUT2D eigenvalue weighted by molar-refractivity contribution is 5.70. The third kappa shape index (κ3) is 43.2.